The summed E-state index contributed by atoms with van der Waals surface area (Å²) in [4.78, 5) is 14.9. The molecule has 248 valence electrons. The molecular formula is C37H39FN6O3S. The Kier molecular flexibility index (Phi) is 9.34. The van der Waals surface area contributed by atoms with Crippen LogP contribution in [0.4, 0.5) is 15.9 Å². The van der Waals surface area contributed by atoms with Gasteiger partial charge < -0.3 is 9.64 Å². The van der Waals surface area contributed by atoms with Gasteiger partial charge in [0.25, 0.3) is 0 Å². The van der Waals surface area contributed by atoms with E-state index < -0.39 is 9.84 Å². The predicted octanol–water partition coefficient (Wildman–Crippen LogP) is 5.26. The largest absolute Gasteiger partial charge is 0.378 e. The minimum absolute atomic E-state index is 0.117. The molecular weight excluding hydrogens is 628 g/mol. The van der Waals surface area contributed by atoms with Gasteiger partial charge in [-0.25, -0.2) is 27.3 Å². The molecule has 0 radical (unpaired) electrons. The van der Waals surface area contributed by atoms with Crippen molar-refractivity contribution in [2.75, 3.05) is 55.8 Å². The Bertz CT molecular complexity index is 1990. The lowest BCUT2D eigenvalue weighted by Crippen LogP contribution is -2.39. The molecule has 2 aliphatic rings. The number of rotatable bonds is 9. The van der Waals surface area contributed by atoms with Crippen LogP contribution in [-0.4, -0.2) is 84.5 Å². The van der Waals surface area contributed by atoms with Crippen LogP contribution in [0.1, 0.15) is 40.6 Å². The fourth-order valence-electron chi connectivity index (χ4n) is 6.49. The van der Waals surface area contributed by atoms with E-state index in [-0.39, 0.29) is 17.3 Å². The molecule has 5 aromatic rings. The number of hydrogen-bond acceptors (Lipinski definition) is 8. The van der Waals surface area contributed by atoms with Gasteiger partial charge in [-0.3, -0.25) is 4.90 Å². The summed E-state index contributed by atoms with van der Waals surface area (Å²) in [6.07, 6.45) is 0.966. The molecule has 3 aromatic carbocycles. The molecule has 0 atom stereocenters. The van der Waals surface area contributed by atoms with E-state index in [1.165, 1.54) is 6.07 Å². The van der Waals surface area contributed by atoms with Crippen molar-refractivity contribution in [2.45, 2.75) is 26.3 Å². The van der Waals surface area contributed by atoms with Gasteiger partial charge >= 0.3 is 0 Å². The van der Waals surface area contributed by atoms with Crippen molar-refractivity contribution in [1.82, 2.24) is 19.5 Å². The molecule has 0 spiro atoms. The van der Waals surface area contributed by atoms with Crippen molar-refractivity contribution in [3.8, 4) is 0 Å². The number of anilines is 1. The van der Waals surface area contributed by atoms with Gasteiger partial charge in [0, 0.05) is 56.3 Å². The quantitative estimate of drug-likeness (QED) is 0.198. The number of benzene rings is 3. The van der Waals surface area contributed by atoms with Gasteiger partial charge in [-0.1, -0.05) is 79.7 Å². The number of morpholine rings is 1. The zero-order valence-corrected chi connectivity index (χ0v) is 27.9. The first kappa shape index (κ1) is 32.1. The fourth-order valence-corrected chi connectivity index (χ4v) is 7.76. The Balaban J connectivity index is 1.44. The second kappa shape index (κ2) is 14.0. The molecule has 0 amide bonds. The molecule has 2 aliphatic heterocycles. The molecule has 2 aromatic heterocycles. The molecule has 0 saturated carbocycles. The van der Waals surface area contributed by atoms with Crippen LogP contribution >= 0.6 is 0 Å². The number of aromatic nitrogens is 3. The van der Waals surface area contributed by atoms with Crippen molar-refractivity contribution in [2.24, 2.45) is 4.99 Å². The van der Waals surface area contributed by atoms with Crippen LogP contribution < -0.4 is 4.90 Å². The van der Waals surface area contributed by atoms with Gasteiger partial charge in [-0.15, -0.1) is 5.10 Å². The zero-order valence-electron chi connectivity index (χ0n) is 27.1. The summed E-state index contributed by atoms with van der Waals surface area (Å²) in [6.45, 7) is 5.84. The maximum Gasteiger partial charge on any atom is 0.180 e. The van der Waals surface area contributed by atoms with Crippen molar-refractivity contribution >= 4 is 32.7 Å². The first-order valence-electron chi connectivity index (χ1n) is 16.5. The number of halogens is 1. The Morgan fingerprint density at radius 2 is 1.56 bits per heavy atom. The second-order valence-electron chi connectivity index (χ2n) is 12.3. The summed E-state index contributed by atoms with van der Waals surface area (Å²) in [6, 6.07) is 27.4. The number of hydrogen-bond donors (Lipinski definition) is 0. The maximum atomic E-state index is 15.0. The van der Waals surface area contributed by atoms with E-state index in [1.807, 2.05) is 60.0 Å². The van der Waals surface area contributed by atoms with Crippen LogP contribution in [0.15, 0.2) is 89.9 Å². The first-order chi connectivity index (χ1) is 23.4. The normalized spacial score (nSPS) is 16.7. The Hall–Kier alpha value is -4.45. The van der Waals surface area contributed by atoms with Crippen molar-refractivity contribution in [1.29, 1.82) is 0 Å². The fraction of sp³-hybridized carbons (Fsp3) is 0.324. The number of ether oxygens (including phenoxy) is 1. The van der Waals surface area contributed by atoms with Gasteiger partial charge in [-0.2, -0.15) is 0 Å². The van der Waals surface area contributed by atoms with E-state index in [2.05, 4.69) is 34.1 Å². The van der Waals surface area contributed by atoms with Crippen LogP contribution in [0.5, 0.6) is 0 Å². The molecule has 0 bridgehead atoms. The minimum atomic E-state index is -3.05. The van der Waals surface area contributed by atoms with Gasteiger partial charge in [0.05, 0.1) is 41.8 Å². The smallest absolute Gasteiger partial charge is 0.180 e. The van der Waals surface area contributed by atoms with Gasteiger partial charge in [0.1, 0.15) is 11.5 Å². The summed E-state index contributed by atoms with van der Waals surface area (Å²) >= 11 is 0. The summed E-state index contributed by atoms with van der Waals surface area (Å²) in [7, 11) is -3.05. The second-order valence-corrected chi connectivity index (χ2v) is 14.6. The van der Waals surface area contributed by atoms with E-state index in [0.29, 0.717) is 75.7 Å². The third-order valence-electron chi connectivity index (χ3n) is 9.13. The van der Waals surface area contributed by atoms with E-state index >= 15 is 4.39 Å². The standard InChI is InChI=1S/C37H39FN6O3S/c1-2-30-29(14-9-15-31(30)38)24-34-33(26-42-18-22-48(45,46)23-19-42)40-37-32(25-35(41-44(34)37)43-16-20-47-21-17-43)39-36(27-10-5-3-6-11-27)28-12-7-4-8-13-28/h3-15,25H,2,16-24,26H2,1H3. The number of imidazole rings is 1. The lowest BCUT2D eigenvalue weighted by molar-refractivity contribution is 0.122. The molecule has 9 nitrogen and oxygen atoms in total. The molecule has 11 heteroatoms. The molecule has 2 fully saturated rings. The summed E-state index contributed by atoms with van der Waals surface area (Å²) in [5.41, 5.74) is 7.18. The molecule has 0 unspecified atom stereocenters. The number of aliphatic imine (C=N–C) groups is 1. The minimum Gasteiger partial charge on any atom is -0.378 e. The highest BCUT2D eigenvalue weighted by Gasteiger charge is 2.27. The Morgan fingerprint density at radius 1 is 0.896 bits per heavy atom. The highest BCUT2D eigenvalue weighted by Crippen LogP contribution is 2.31. The Labute approximate surface area is 280 Å². The third-order valence-corrected chi connectivity index (χ3v) is 10.7. The van der Waals surface area contributed by atoms with Gasteiger partial charge in [0.15, 0.2) is 21.3 Å². The molecule has 0 N–H and O–H groups in total. The zero-order chi connectivity index (χ0) is 33.1. The van der Waals surface area contributed by atoms with Crippen LogP contribution in [0.3, 0.4) is 0 Å². The van der Waals surface area contributed by atoms with E-state index in [4.69, 9.17) is 19.8 Å². The Morgan fingerprint density at radius 3 is 2.21 bits per heavy atom. The van der Waals surface area contributed by atoms with Crippen LogP contribution in [0.25, 0.3) is 5.65 Å². The highest BCUT2D eigenvalue weighted by atomic mass is 32.2. The maximum absolute atomic E-state index is 15.0. The van der Waals surface area contributed by atoms with E-state index in [9.17, 15) is 8.42 Å². The number of fused-ring (bicyclic) bond motifs is 1. The monoisotopic (exact) mass is 666 g/mol. The molecule has 48 heavy (non-hydrogen) atoms. The van der Waals surface area contributed by atoms with Crippen molar-refractivity contribution in [3.63, 3.8) is 0 Å². The molecule has 7 rings (SSSR count). The summed E-state index contributed by atoms with van der Waals surface area (Å²) in [5.74, 6) is 0.765. The number of sulfone groups is 1. The van der Waals surface area contributed by atoms with Crippen LogP contribution in [0, 0.1) is 5.82 Å². The third kappa shape index (κ3) is 6.89. The van der Waals surface area contributed by atoms with E-state index in [1.54, 1.807) is 6.07 Å². The molecule has 2 saturated heterocycles. The topological polar surface area (TPSA) is 92.4 Å². The average molecular weight is 667 g/mol. The lowest BCUT2D eigenvalue weighted by Gasteiger charge is -2.28. The van der Waals surface area contributed by atoms with E-state index in [0.717, 1.165) is 39.6 Å². The average Bonchev–Trinajstić information content (AvgIpc) is 3.45. The van der Waals surface area contributed by atoms with Gasteiger partial charge in [-0.05, 0) is 23.6 Å². The van der Waals surface area contributed by atoms with Crippen molar-refractivity contribution in [3.05, 3.63) is 124 Å². The lowest BCUT2D eigenvalue weighted by atomic mass is 9.99. The van der Waals surface area contributed by atoms with Crippen LogP contribution in [-0.2, 0) is 34.0 Å². The predicted molar refractivity (Wildman–Crippen MR) is 187 cm³/mol. The first-order valence-corrected chi connectivity index (χ1v) is 18.3. The highest BCUT2D eigenvalue weighted by molar-refractivity contribution is 7.91. The summed E-state index contributed by atoms with van der Waals surface area (Å²) < 4.78 is 47.1. The molecule has 4 heterocycles. The van der Waals surface area contributed by atoms with Crippen molar-refractivity contribution < 1.29 is 17.5 Å². The number of nitrogens with zero attached hydrogens (tertiary/aromatic N) is 6. The van der Waals surface area contributed by atoms with Crippen LogP contribution in [0.2, 0.25) is 0 Å². The van der Waals surface area contributed by atoms with Gasteiger partial charge in [0.2, 0.25) is 0 Å². The molecule has 0 aliphatic carbocycles. The summed E-state index contributed by atoms with van der Waals surface area (Å²) in [5, 5.41) is 5.17. The SMILES string of the molecule is CCc1c(F)cccc1Cc1c(CN2CCS(=O)(=O)CC2)nc2c(N=C(c3ccccc3)c3ccccc3)cc(N3CCOCC3)nn12.